The van der Waals surface area contributed by atoms with E-state index in [9.17, 15) is 40.5 Å². The maximum atomic E-state index is 11.6. The molecule has 312 valence electrons. The van der Waals surface area contributed by atoms with E-state index in [1.165, 1.54) is 24.3 Å². The van der Waals surface area contributed by atoms with Crippen molar-refractivity contribution in [3.05, 3.63) is 235 Å². The Morgan fingerprint density at radius 1 is 0.375 bits per heavy atom. The first kappa shape index (κ1) is 41.4. The quantitative estimate of drug-likeness (QED) is 0.0448. The van der Waals surface area contributed by atoms with E-state index >= 15 is 0 Å². The molecule has 0 saturated heterocycles. The lowest BCUT2D eigenvalue weighted by atomic mass is 10.1. The van der Waals surface area contributed by atoms with E-state index in [0.29, 0.717) is 24.5 Å². The van der Waals surface area contributed by atoms with Gasteiger partial charge in [-0.05, 0) is 46.5 Å². The molecule has 4 aromatic heterocycles. The van der Waals surface area contributed by atoms with Gasteiger partial charge in [0, 0.05) is 83.9 Å². The van der Waals surface area contributed by atoms with E-state index in [0.717, 1.165) is 45.5 Å². The average molecular weight is 855 g/mol. The molecule has 4 aromatic carbocycles. The molecule has 0 aliphatic heterocycles. The summed E-state index contributed by atoms with van der Waals surface area (Å²) in [6.45, 7) is 1.26. The van der Waals surface area contributed by atoms with Crippen LogP contribution in [-0.4, -0.2) is 19.7 Å². The van der Waals surface area contributed by atoms with Crippen molar-refractivity contribution in [3.8, 4) is 33.6 Å². The number of azo groups is 1. The van der Waals surface area contributed by atoms with Gasteiger partial charge in [-0.25, -0.2) is 9.13 Å². The summed E-state index contributed by atoms with van der Waals surface area (Å²) in [5.74, 6) is 0. The van der Waals surface area contributed by atoms with Crippen LogP contribution in [0.2, 0.25) is 0 Å². The Morgan fingerprint density at radius 3 is 0.984 bits per heavy atom. The Bertz CT molecular complexity index is 2870. The Balaban J connectivity index is 0.833. The molecule has 8 aromatic rings. The number of nitro benzene ring substituents is 4. The Kier molecular flexibility index (Phi) is 11.7. The highest BCUT2D eigenvalue weighted by Crippen LogP contribution is 2.27. The molecule has 18 nitrogen and oxygen atoms in total. The van der Waals surface area contributed by atoms with Gasteiger partial charge in [-0.2, -0.15) is 19.4 Å². The number of hydrogen-bond donors (Lipinski definition) is 0. The van der Waals surface area contributed by atoms with Gasteiger partial charge in [0.05, 0.1) is 31.1 Å². The molecule has 0 radical (unpaired) electrons. The fraction of sp³-hybridized carbons (Fsp3) is 0.0435. The van der Waals surface area contributed by atoms with Crippen LogP contribution in [0.4, 0.5) is 34.1 Å². The van der Waals surface area contributed by atoms with Crippen LogP contribution < -0.4 is 18.3 Å². The van der Waals surface area contributed by atoms with Crippen LogP contribution >= 0.6 is 0 Å². The van der Waals surface area contributed by atoms with Gasteiger partial charge in [0.15, 0.2) is 62.7 Å². The lowest BCUT2D eigenvalue weighted by molar-refractivity contribution is -0.688. The zero-order chi connectivity index (χ0) is 44.7. The number of non-ortho nitro benzene ring substituents is 2. The van der Waals surface area contributed by atoms with Crippen LogP contribution in [0.5, 0.6) is 0 Å². The second-order valence-electron chi connectivity index (χ2n) is 14.4. The molecule has 64 heavy (non-hydrogen) atoms. The molecule has 0 spiro atoms. The molecular formula is C46H34N10O8+4. The summed E-state index contributed by atoms with van der Waals surface area (Å²) in [5, 5.41) is 54.2. The first-order valence-corrected chi connectivity index (χ1v) is 19.4. The van der Waals surface area contributed by atoms with Crippen LogP contribution in [-0.2, 0) is 13.1 Å². The zero-order valence-corrected chi connectivity index (χ0v) is 33.5. The third-order valence-electron chi connectivity index (χ3n) is 10.3. The molecule has 0 unspecified atom stereocenters. The predicted molar refractivity (Wildman–Crippen MR) is 229 cm³/mol. The number of pyridine rings is 4. The summed E-state index contributed by atoms with van der Waals surface area (Å²) in [6.07, 6.45) is 14.6. The van der Waals surface area contributed by atoms with E-state index in [1.54, 1.807) is 33.9 Å². The number of nitrogens with zero attached hydrogens (tertiary/aromatic N) is 10. The van der Waals surface area contributed by atoms with Gasteiger partial charge in [0.25, 0.3) is 22.7 Å². The second kappa shape index (κ2) is 18.1. The van der Waals surface area contributed by atoms with Gasteiger partial charge in [-0.1, -0.05) is 24.3 Å². The highest BCUT2D eigenvalue weighted by molar-refractivity contribution is 5.62. The van der Waals surface area contributed by atoms with Gasteiger partial charge in [0.2, 0.25) is 0 Å². The van der Waals surface area contributed by atoms with Crippen molar-refractivity contribution in [2.24, 2.45) is 10.2 Å². The summed E-state index contributed by atoms with van der Waals surface area (Å²) in [6, 6.07) is 38.0. The van der Waals surface area contributed by atoms with E-state index in [2.05, 4.69) is 10.2 Å². The molecule has 18 heteroatoms. The van der Waals surface area contributed by atoms with Crippen molar-refractivity contribution in [2.75, 3.05) is 0 Å². The van der Waals surface area contributed by atoms with Gasteiger partial charge in [-0.3, -0.25) is 40.5 Å². The van der Waals surface area contributed by atoms with Gasteiger partial charge in [0.1, 0.15) is 12.1 Å². The third-order valence-corrected chi connectivity index (χ3v) is 10.3. The van der Waals surface area contributed by atoms with Gasteiger partial charge >= 0.3 is 11.4 Å². The maximum absolute atomic E-state index is 11.6. The van der Waals surface area contributed by atoms with Crippen molar-refractivity contribution in [1.29, 1.82) is 0 Å². The van der Waals surface area contributed by atoms with Crippen LogP contribution in [0, 0.1) is 40.5 Å². The molecule has 0 bridgehead atoms. The first-order chi connectivity index (χ1) is 31.0. The third kappa shape index (κ3) is 9.50. The monoisotopic (exact) mass is 854 g/mol. The minimum absolute atomic E-state index is 0.222. The molecule has 0 aliphatic rings. The first-order valence-electron chi connectivity index (χ1n) is 19.4. The molecule has 0 aliphatic carbocycles. The summed E-state index contributed by atoms with van der Waals surface area (Å²) in [4.78, 5) is 42.8. The average Bonchev–Trinajstić information content (AvgIpc) is 3.32. The minimum Gasteiger partial charge on any atom is -0.258 e. The van der Waals surface area contributed by atoms with Crippen molar-refractivity contribution >= 4 is 34.1 Å². The van der Waals surface area contributed by atoms with Crippen LogP contribution in [0.15, 0.2) is 193 Å². The van der Waals surface area contributed by atoms with Crippen molar-refractivity contribution in [1.82, 2.24) is 0 Å². The molecule has 0 amide bonds. The van der Waals surface area contributed by atoms with Crippen LogP contribution in [0.25, 0.3) is 33.6 Å². The maximum Gasteiger partial charge on any atom is 0.347 e. The Labute approximate surface area is 362 Å². The standard InChI is InChI=1S/C46H34N10O8/c57-53(58)41-9-11-43(45(29-41)55(61)62)51-25-17-37(18-26-51)35-13-21-49(22-14-35)31-33-1-5-39(6-2-33)47-48-40-7-3-34(4-8-40)32-50-23-15-36(16-24-50)38-19-27-52(28-20-38)44-12-10-42(54(59)60)30-46(44)56(63)64/h1-30H,31-32H2/q+4. The normalized spacial score (nSPS) is 11.1. The Hall–Kier alpha value is -9.32. The lowest BCUT2D eigenvalue weighted by Gasteiger charge is -2.03. The summed E-state index contributed by atoms with van der Waals surface area (Å²) >= 11 is 0. The SMILES string of the molecule is O=[N+]([O-])c1ccc(-[n+]2ccc(-c3cc[n+](Cc4ccc(N=Nc5ccc(C[n+]6ccc(-c7cc[n+](-c8ccc([N+](=O)[O-])cc8[N+](=O)[O-])cc7)cc6)cc5)cc4)cc3)cc2)c([N+](=O)[O-])c1. The number of hydrogen-bond acceptors (Lipinski definition) is 10. The summed E-state index contributed by atoms with van der Waals surface area (Å²) in [7, 11) is 0. The molecule has 0 fully saturated rings. The molecular weight excluding hydrogens is 821 g/mol. The molecule has 4 heterocycles. The number of rotatable bonds is 14. The van der Waals surface area contributed by atoms with Gasteiger partial charge in [-0.15, -0.1) is 0 Å². The fourth-order valence-electron chi connectivity index (χ4n) is 6.92. The van der Waals surface area contributed by atoms with E-state index in [-0.39, 0.29) is 34.1 Å². The topological polar surface area (TPSA) is 213 Å². The largest absolute Gasteiger partial charge is 0.347 e. The van der Waals surface area contributed by atoms with Crippen LogP contribution in [0.3, 0.4) is 0 Å². The minimum atomic E-state index is -0.663. The number of nitro groups is 4. The van der Waals surface area contributed by atoms with Crippen molar-refractivity contribution < 1.29 is 38.0 Å². The zero-order valence-electron chi connectivity index (χ0n) is 33.5. The highest BCUT2D eigenvalue weighted by Gasteiger charge is 2.27. The van der Waals surface area contributed by atoms with E-state index in [1.807, 2.05) is 131 Å². The molecule has 0 saturated carbocycles. The van der Waals surface area contributed by atoms with E-state index in [4.69, 9.17) is 0 Å². The lowest BCUT2D eigenvalue weighted by Crippen LogP contribution is -2.33. The fourth-order valence-corrected chi connectivity index (χ4v) is 6.92. The van der Waals surface area contributed by atoms with Crippen molar-refractivity contribution in [2.45, 2.75) is 13.1 Å². The van der Waals surface area contributed by atoms with Crippen LogP contribution in [0.1, 0.15) is 11.1 Å². The number of benzene rings is 4. The molecule has 0 atom stereocenters. The predicted octanol–water partition coefficient (Wildman–Crippen LogP) is 8.29. The van der Waals surface area contributed by atoms with E-state index < -0.39 is 19.7 Å². The molecule has 0 N–H and O–H groups in total. The number of aromatic nitrogens is 4. The highest BCUT2D eigenvalue weighted by atomic mass is 16.6. The smallest absolute Gasteiger partial charge is 0.258 e. The Morgan fingerprint density at radius 2 is 0.688 bits per heavy atom. The van der Waals surface area contributed by atoms with Crippen molar-refractivity contribution in [3.63, 3.8) is 0 Å². The second-order valence-corrected chi connectivity index (χ2v) is 14.4. The summed E-state index contributed by atoms with van der Waals surface area (Å²) < 4.78 is 7.19. The summed E-state index contributed by atoms with van der Waals surface area (Å²) in [5.41, 5.74) is 6.28. The molecule has 8 rings (SSSR count). The van der Waals surface area contributed by atoms with Gasteiger partial charge < -0.3 is 0 Å².